The zero-order valence-corrected chi connectivity index (χ0v) is 16.7. The third-order valence-corrected chi connectivity index (χ3v) is 5.53. The smallest absolute Gasteiger partial charge is 0.355 e. The average Bonchev–Trinajstić information content (AvgIpc) is 3.18. The number of nitrogens with one attached hydrogen (secondary N) is 1. The molecular weight excluding hydrogens is 426 g/mol. The highest BCUT2D eigenvalue weighted by Crippen LogP contribution is 2.45. The lowest BCUT2D eigenvalue weighted by Crippen LogP contribution is -2.48. The lowest BCUT2D eigenvalue weighted by molar-refractivity contribution is -0.133. The molecule has 2 aromatic rings. The number of carbonyl (C=O) groups excluding carboxylic acids is 3. The molecule has 2 aromatic carbocycles. The largest absolute Gasteiger partial charge is 0.464 e. The van der Waals surface area contributed by atoms with Gasteiger partial charge in [-0.25, -0.2) is 9.69 Å². The highest BCUT2D eigenvalue weighted by Gasteiger charge is 2.67. The van der Waals surface area contributed by atoms with Gasteiger partial charge in [-0.2, -0.15) is 5.10 Å². The summed E-state index contributed by atoms with van der Waals surface area (Å²) < 4.78 is 5.51. The number of hydrogen-bond donors (Lipinski definition) is 1. The van der Waals surface area contributed by atoms with Crippen LogP contribution in [0.15, 0.2) is 58.1 Å². The van der Waals surface area contributed by atoms with Gasteiger partial charge < -0.3 is 4.74 Å². The first-order valence-corrected chi connectivity index (χ1v) is 9.33. The molecule has 2 aliphatic heterocycles. The van der Waals surface area contributed by atoms with E-state index in [0.717, 1.165) is 14.9 Å². The summed E-state index contributed by atoms with van der Waals surface area (Å²) in [7, 11) is 1.21. The minimum atomic E-state index is -1.49. The zero-order chi connectivity index (χ0) is 20.1. The van der Waals surface area contributed by atoms with E-state index >= 15 is 0 Å². The molecule has 2 aliphatic rings. The normalized spacial score (nSPS) is 23.3. The first-order valence-electron chi connectivity index (χ1n) is 8.54. The molecule has 142 valence electrons. The van der Waals surface area contributed by atoms with Gasteiger partial charge in [0.25, 0.3) is 5.91 Å². The average molecular weight is 442 g/mol. The lowest BCUT2D eigenvalue weighted by atomic mass is 9.78. The molecule has 8 heteroatoms. The molecule has 0 radical (unpaired) electrons. The molecule has 28 heavy (non-hydrogen) atoms. The summed E-state index contributed by atoms with van der Waals surface area (Å²) in [5, 5.41) is 4.02. The number of rotatable bonds is 3. The SMILES string of the molecule is COC(=O)C1=NNC2(c3ccc(C)cc3)C(=O)N(c3cccc(Br)c3)C(=O)C12. The number of aryl methyl sites for hydroxylation is 1. The van der Waals surface area contributed by atoms with E-state index in [1.54, 1.807) is 36.4 Å². The van der Waals surface area contributed by atoms with Crippen LogP contribution in [-0.2, 0) is 24.7 Å². The Labute approximate surface area is 169 Å². The van der Waals surface area contributed by atoms with Crippen molar-refractivity contribution < 1.29 is 19.1 Å². The van der Waals surface area contributed by atoms with Crippen LogP contribution >= 0.6 is 15.9 Å². The van der Waals surface area contributed by atoms with Gasteiger partial charge in [0.2, 0.25) is 5.91 Å². The van der Waals surface area contributed by atoms with E-state index < -0.39 is 29.2 Å². The van der Waals surface area contributed by atoms with Gasteiger partial charge >= 0.3 is 5.97 Å². The van der Waals surface area contributed by atoms with E-state index in [2.05, 4.69) is 26.5 Å². The molecular formula is C20H16BrN3O4. The summed E-state index contributed by atoms with van der Waals surface area (Å²) in [5.41, 5.74) is 3.16. The van der Waals surface area contributed by atoms with Crippen molar-refractivity contribution in [1.29, 1.82) is 0 Å². The van der Waals surface area contributed by atoms with Crippen molar-refractivity contribution in [3.05, 3.63) is 64.1 Å². The van der Waals surface area contributed by atoms with Crippen molar-refractivity contribution in [3.8, 4) is 0 Å². The number of anilines is 1. The molecule has 0 aliphatic carbocycles. The molecule has 4 rings (SSSR count). The molecule has 2 amide bonds. The number of imide groups is 1. The number of esters is 1. The van der Waals surface area contributed by atoms with Crippen LogP contribution in [0, 0.1) is 12.8 Å². The Balaban J connectivity index is 1.90. The standard InChI is InChI=1S/C20H16BrN3O4/c1-11-6-8-12(9-7-11)20-15(16(22-23-20)18(26)28-2)17(25)24(19(20)27)14-5-3-4-13(21)10-14/h3-10,15,23H,1-2H3. The Hall–Kier alpha value is -3.00. The van der Waals surface area contributed by atoms with Crippen LogP contribution in [0.2, 0.25) is 0 Å². The van der Waals surface area contributed by atoms with E-state index in [0.29, 0.717) is 11.3 Å². The number of amides is 2. The van der Waals surface area contributed by atoms with Gasteiger partial charge in [-0.1, -0.05) is 51.8 Å². The Morgan fingerprint density at radius 2 is 1.93 bits per heavy atom. The van der Waals surface area contributed by atoms with Crippen LogP contribution in [-0.4, -0.2) is 30.6 Å². The molecule has 1 saturated heterocycles. The van der Waals surface area contributed by atoms with Crippen molar-refractivity contribution in [1.82, 2.24) is 5.43 Å². The van der Waals surface area contributed by atoms with Crippen LogP contribution in [0.3, 0.4) is 0 Å². The summed E-state index contributed by atoms with van der Waals surface area (Å²) in [6.45, 7) is 1.92. The van der Waals surface area contributed by atoms with Gasteiger partial charge in [0, 0.05) is 4.47 Å². The van der Waals surface area contributed by atoms with Crippen LogP contribution in [0.25, 0.3) is 0 Å². The lowest BCUT2D eigenvalue weighted by Gasteiger charge is -2.26. The van der Waals surface area contributed by atoms with Crippen molar-refractivity contribution in [2.24, 2.45) is 11.0 Å². The predicted molar refractivity (Wildman–Crippen MR) is 106 cm³/mol. The molecule has 0 saturated carbocycles. The number of carbonyl (C=O) groups is 3. The number of methoxy groups -OCH3 is 1. The molecule has 0 bridgehead atoms. The third kappa shape index (κ3) is 2.48. The van der Waals surface area contributed by atoms with Gasteiger partial charge in [-0.3, -0.25) is 15.0 Å². The molecule has 1 fully saturated rings. The third-order valence-electron chi connectivity index (χ3n) is 5.03. The van der Waals surface area contributed by atoms with Gasteiger partial charge in [0.1, 0.15) is 5.92 Å². The molecule has 1 N–H and O–H groups in total. The summed E-state index contributed by atoms with van der Waals surface area (Å²) in [6.07, 6.45) is 0. The summed E-state index contributed by atoms with van der Waals surface area (Å²) in [4.78, 5) is 40.3. The second-order valence-electron chi connectivity index (χ2n) is 6.67. The summed E-state index contributed by atoms with van der Waals surface area (Å²) in [5.74, 6) is -2.89. The van der Waals surface area contributed by atoms with E-state index in [9.17, 15) is 14.4 Å². The second-order valence-corrected chi connectivity index (χ2v) is 7.58. The number of hydrazone groups is 1. The molecule has 2 atom stereocenters. The number of ether oxygens (including phenoxy) is 1. The maximum atomic E-state index is 13.6. The zero-order valence-electron chi connectivity index (χ0n) is 15.1. The van der Waals surface area contributed by atoms with E-state index in [1.165, 1.54) is 7.11 Å². The minimum absolute atomic E-state index is 0.112. The van der Waals surface area contributed by atoms with Gasteiger partial charge in [0.05, 0.1) is 12.8 Å². The first kappa shape index (κ1) is 18.4. The van der Waals surface area contributed by atoms with Crippen molar-refractivity contribution in [2.75, 3.05) is 12.0 Å². The number of halogens is 1. The highest BCUT2D eigenvalue weighted by atomic mass is 79.9. The van der Waals surface area contributed by atoms with Crippen molar-refractivity contribution in [2.45, 2.75) is 12.5 Å². The van der Waals surface area contributed by atoms with Crippen LogP contribution in [0.4, 0.5) is 5.69 Å². The Kier molecular flexibility index (Phi) is 4.30. The minimum Gasteiger partial charge on any atom is -0.464 e. The molecule has 2 heterocycles. The number of nitrogens with zero attached hydrogens (tertiary/aromatic N) is 2. The maximum absolute atomic E-state index is 13.6. The highest BCUT2D eigenvalue weighted by molar-refractivity contribution is 9.10. The second kappa shape index (κ2) is 6.56. The molecule has 7 nitrogen and oxygen atoms in total. The van der Waals surface area contributed by atoms with Crippen molar-refractivity contribution in [3.63, 3.8) is 0 Å². The Morgan fingerprint density at radius 1 is 1.21 bits per heavy atom. The molecule has 0 aromatic heterocycles. The fraction of sp³-hybridized carbons (Fsp3) is 0.200. The van der Waals surface area contributed by atoms with Crippen LogP contribution in [0.1, 0.15) is 11.1 Å². The van der Waals surface area contributed by atoms with Gasteiger partial charge in [-0.05, 0) is 30.7 Å². The quantitative estimate of drug-likeness (QED) is 0.582. The number of benzene rings is 2. The van der Waals surface area contributed by atoms with E-state index in [4.69, 9.17) is 4.74 Å². The Bertz CT molecular complexity index is 1030. The first-order chi connectivity index (χ1) is 13.4. The van der Waals surface area contributed by atoms with Crippen LogP contribution < -0.4 is 10.3 Å². The predicted octanol–water partition coefficient (Wildman–Crippen LogP) is 2.27. The molecule has 2 unspecified atom stereocenters. The fourth-order valence-corrected chi connectivity index (χ4v) is 4.05. The molecule has 0 spiro atoms. The van der Waals surface area contributed by atoms with Crippen LogP contribution in [0.5, 0.6) is 0 Å². The summed E-state index contributed by atoms with van der Waals surface area (Å²) in [6, 6.07) is 14.1. The number of fused-ring (bicyclic) bond motifs is 1. The number of hydrogen-bond acceptors (Lipinski definition) is 6. The Morgan fingerprint density at radius 3 is 2.57 bits per heavy atom. The van der Waals surface area contributed by atoms with Gasteiger partial charge in [0.15, 0.2) is 11.3 Å². The fourth-order valence-electron chi connectivity index (χ4n) is 3.66. The topological polar surface area (TPSA) is 88.1 Å². The van der Waals surface area contributed by atoms with E-state index in [-0.39, 0.29) is 5.71 Å². The van der Waals surface area contributed by atoms with Gasteiger partial charge in [-0.15, -0.1) is 0 Å². The van der Waals surface area contributed by atoms with Crippen molar-refractivity contribution >= 4 is 45.1 Å². The maximum Gasteiger partial charge on any atom is 0.355 e. The van der Waals surface area contributed by atoms with E-state index in [1.807, 2.05) is 19.1 Å². The summed E-state index contributed by atoms with van der Waals surface area (Å²) >= 11 is 3.36. The monoisotopic (exact) mass is 441 g/mol.